The highest BCUT2D eigenvalue weighted by atomic mass is 79.9. The highest BCUT2D eigenvalue weighted by Gasteiger charge is 2.18. The Bertz CT molecular complexity index is 510. The van der Waals surface area contributed by atoms with E-state index in [0.29, 0.717) is 17.4 Å². The number of primary amides is 1. The summed E-state index contributed by atoms with van der Waals surface area (Å²) in [5.41, 5.74) is 5.16. The first-order chi connectivity index (χ1) is 9.95. The number of nitrogens with zero attached hydrogens (tertiary/aromatic N) is 1. The number of hydrogen-bond donors (Lipinski definition) is 2. The number of nitrogens with two attached hydrogens (primary N) is 1. The number of rotatable bonds is 9. The minimum Gasteiger partial charge on any atom is -0.487 e. The first-order valence-electron chi connectivity index (χ1n) is 6.55. The van der Waals surface area contributed by atoms with Crippen LogP contribution in [0.4, 0.5) is 5.69 Å². The molecule has 0 spiro atoms. The van der Waals surface area contributed by atoms with E-state index in [2.05, 4.69) is 21.2 Å². The lowest BCUT2D eigenvalue weighted by Crippen LogP contribution is -2.42. The average molecular weight is 360 g/mol. The number of benzene rings is 1. The average Bonchev–Trinajstić information content (AvgIpc) is 2.43. The number of nitrogens with one attached hydrogen (secondary N) is 1. The van der Waals surface area contributed by atoms with Crippen molar-refractivity contribution in [2.45, 2.75) is 25.8 Å². The molecule has 8 heteroatoms. The summed E-state index contributed by atoms with van der Waals surface area (Å²) >= 11 is 3.17. The Labute approximate surface area is 131 Å². The van der Waals surface area contributed by atoms with E-state index in [1.807, 2.05) is 6.92 Å². The van der Waals surface area contributed by atoms with E-state index >= 15 is 0 Å². The van der Waals surface area contributed by atoms with Gasteiger partial charge in [-0.2, -0.15) is 0 Å². The van der Waals surface area contributed by atoms with Crippen LogP contribution in [0.2, 0.25) is 0 Å². The summed E-state index contributed by atoms with van der Waals surface area (Å²) in [6.07, 6.45) is 1.23. The van der Waals surface area contributed by atoms with E-state index in [1.165, 1.54) is 12.1 Å². The van der Waals surface area contributed by atoms with Crippen LogP contribution >= 0.6 is 15.9 Å². The Balaban J connectivity index is 2.62. The normalized spacial score (nSPS) is 11.9. The highest BCUT2D eigenvalue weighted by Crippen LogP contribution is 2.30. The zero-order chi connectivity index (χ0) is 15.8. The molecule has 3 N–H and O–H groups in total. The molecule has 0 radical (unpaired) electrons. The van der Waals surface area contributed by atoms with Crippen LogP contribution in [-0.2, 0) is 4.79 Å². The van der Waals surface area contributed by atoms with E-state index < -0.39 is 16.9 Å². The van der Waals surface area contributed by atoms with Gasteiger partial charge in [-0.05, 0) is 25.1 Å². The minimum absolute atomic E-state index is 0.124. The third-order valence-corrected chi connectivity index (χ3v) is 3.26. The summed E-state index contributed by atoms with van der Waals surface area (Å²) in [7, 11) is 0. The van der Waals surface area contributed by atoms with Gasteiger partial charge in [0.1, 0.15) is 0 Å². The molecule has 1 aromatic carbocycles. The number of carbonyl (C=O) groups is 1. The van der Waals surface area contributed by atoms with Crippen molar-refractivity contribution in [3.8, 4) is 5.75 Å². The van der Waals surface area contributed by atoms with Crippen molar-refractivity contribution < 1.29 is 14.5 Å². The first kappa shape index (κ1) is 17.4. The minimum atomic E-state index is -0.513. The van der Waals surface area contributed by atoms with Crippen molar-refractivity contribution in [1.82, 2.24) is 5.32 Å². The van der Waals surface area contributed by atoms with Crippen LogP contribution in [-0.4, -0.2) is 30.0 Å². The molecule has 1 amide bonds. The summed E-state index contributed by atoms with van der Waals surface area (Å²) in [4.78, 5) is 21.7. The number of nitro benzene ring substituents is 1. The van der Waals surface area contributed by atoms with Crippen LogP contribution in [0.1, 0.15) is 19.8 Å². The number of amides is 1. The van der Waals surface area contributed by atoms with E-state index in [-0.39, 0.29) is 18.0 Å². The maximum atomic E-state index is 11.3. The zero-order valence-electron chi connectivity index (χ0n) is 11.7. The van der Waals surface area contributed by atoms with Crippen molar-refractivity contribution in [1.29, 1.82) is 0 Å². The van der Waals surface area contributed by atoms with E-state index in [1.54, 1.807) is 6.07 Å². The highest BCUT2D eigenvalue weighted by molar-refractivity contribution is 9.10. The van der Waals surface area contributed by atoms with Crippen LogP contribution in [0.15, 0.2) is 22.7 Å². The zero-order valence-corrected chi connectivity index (χ0v) is 13.3. The predicted molar refractivity (Wildman–Crippen MR) is 82.2 cm³/mol. The van der Waals surface area contributed by atoms with E-state index in [4.69, 9.17) is 10.5 Å². The molecule has 0 bridgehead atoms. The molecule has 0 heterocycles. The topological polar surface area (TPSA) is 107 Å². The fourth-order valence-electron chi connectivity index (χ4n) is 1.71. The maximum absolute atomic E-state index is 11.3. The second-order valence-corrected chi connectivity index (χ2v) is 5.33. The molecule has 0 saturated carbocycles. The molecule has 116 valence electrons. The molecule has 0 aliphatic rings. The Morgan fingerprint density at radius 2 is 2.29 bits per heavy atom. The molecule has 1 unspecified atom stereocenters. The maximum Gasteiger partial charge on any atom is 0.312 e. The van der Waals surface area contributed by atoms with Crippen molar-refractivity contribution in [3.05, 3.63) is 32.8 Å². The quantitative estimate of drug-likeness (QED) is 0.517. The SMILES string of the molecule is CCCNC(CCOc1ccc(Br)cc1[N+](=O)[O-])C(N)=O. The molecule has 0 aliphatic heterocycles. The van der Waals surface area contributed by atoms with Gasteiger partial charge in [0.05, 0.1) is 17.6 Å². The number of halogens is 1. The van der Waals surface area contributed by atoms with Gasteiger partial charge < -0.3 is 15.8 Å². The lowest BCUT2D eigenvalue weighted by Gasteiger charge is -2.15. The molecule has 1 aromatic rings. The molecule has 0 fully saturated rings. The fraction of sp³-hybridized carbons (Fsp3) is 0.462. The van der Waals surface area contributed by atoms with Crippen molar-refractivity contribution in [2.24, 2.45) is 5.73 Å². The molecule has 21 heavy (non-hydrogen) atoms. The standard InChI is InChI=1S/C13H18BrN3O4/c1-2-6-16-10(13(15)18)5-7-21-12-4-3-9(14)8-11(12)17(19)20/h3-4,8,10,16H,2,5-7H2,1H3,(H2,15,18). The van der Waals surface area contributed by atoms with Gasteiger partial charge in [-0.25, -0.2) is 0 Å². The lowest BCUT2D eigenvalue weighted by atomic mass is 10.2. The van der Waals surface area contributed by atoms with Crippen molar-refractivity contribution >= 4 is 27.5 Å². The van der Waals surface area contributed by atoms with Crippen LogP contribution in [0.3, 0.4) is 0 Å². The number of ether oxygens (including phenoxy) is 1. The number of carbonyl (C=O) groups excluding carboxylic acids is 1. The van der Waals surface area contributed by atoms with Gasteiger partial charge in [0.15, 0.2) is 5.75 Å². The second kappa shape index (κ2) is 8.58. The van der Waals surface area contributed by atoms with Gasteiger partial charge in [0, 0.05) is 17.0 Å². The molecular formula is C13H18BrN3O4. The monoisotopic (exact) mass is 359 g/mol. The van der Waals surface area contributed by atoms with Gasteiger partial charge in [-0.1, -0.05) is 22.9 Å². The van der Waals surface area contributed by atoms with E-state index in [0.717, 1.165) is 6.42 Å². The van der Waals surface area contributed by atoms with E-state index in [9.17, 15) is 14.9 Å². The van der Waals surface area contributed by atoms with Crippen molar-refractivity contribution in [3.63, 3.8) is 0 Å². The summed E-state index contributed by atoms with van der Waals surface area (Å²) in [5.74, 6) is -0.292. The second-order valence-electron chi connectivity index (χ2n) is 4.42. The molecular weight excluding hydrogens is 342 g/mol. The largest absolute Gasteiger partial charge is 0.487 e. The van der Waals surface area contributed by atoms with Gasteiger partial charge in [-0.3, -0.25) is 14.9 Å². The van der Waals surface area contributed by atoms with Crippen LogP contribution < -0.4 is 15.8 Å². The van der Waals surface area contributed by atoms with Crippen LogP contribution in [0, 0.1) is 10.1 Å². The van der Waals surface area contributed by atoms with Gasteiger partial charge >= 0.3 is 5.69 Å². The molecule has 0 aromatic heterocycles. The van der Waals surface area contributed by atoms with Crippen LogP contribution in [0.25, 0.3) is 0 Å². The van der Waals surface area contributed by atoms with Crippen molar-refractivity contribution in [2.75, 3.05) is 13.2 Å². The summed E-state index contributed by atoms with van der Waals surface area (Å²) in [6, 6.07) is 4.04. The fourth-order valence-corrected chi connectivity index (χ4v) is 2.05. The lowest BCUT2D eigenvalue weighted by molar-refractivity contribution is -0.385. The third kappa shape index (κ3) is 5.68. The third-order valence-electron chi connectivity index (χ3n) is 2.77. The molecule has 1 rings (SSSR count). The Morgan fingerprint density at radius 1 is 1.57 bits per heavy atom. The smallest absolute Gasteiger partial charge is 0.312 e. The van der Waals surface area contributed by atoms with Gasteiger partial charge in [-0.15, -0.1) is 0 Å². The number of hydrogen-bond acceptors (Lipinski definition) is 5. The van der Waals surface area contributed by atoms with Gasteiger partial charge in [0.2, 0.25) is 5.91 Å². The van der Waals surface area contributed by atoms with Gasteiger partial charge in [0.25, 0.3) is 0 Å². The van der Waals surface area contributed by atoms with Crippen LogP contribution in [0.5, 0.6) is 5.75 Å². The first-order valence-corrected chi connectivity index (χ1v) is 7.34. The molecule has 0 saturated heterocycles. The Morgan fingerprint density at radius 3 is 2.86 bits per heavy atom. The summed E-state index contributed by atoms with van der Waals surface area (Å²) in [5, 5.41) is 13.9. The predicted octanol–water partition coefficient (Wildman–Crippen LogP) is 1.98. The summed E-state index contributed by atoms with van der Waals surface area (Å²) < 4.78 is 6.00. The molecule has 0 aliphatic carbocycles. The molecule has 7 nitrogen and oxygen atoms in total. The molecule has 1 atom stereocenters. The number of nitro groups is 1. The Kier molecular flexibility index (Phi) is 7.10. The Hall–Kier alpha value is -1.67. The summed E-state index contributed by atoms with van der Waals surface area (Å²) in [6.45, 7) is 2.81.